The highest BCUT2D eigenvalue weighted by Gasteiger charge is 2.50. The van der Waals surface area contributed by atoms with Crippen LogP contribution in [0.25, 0.3) is 0 Å². The van der Waals surface area contributed by atoms with Gasteiger partial charge in [-0.25, -0.2) is 0 Å². The number of ether oxygens (including phenoxy) is 2. The van der Waals surface area contributed by atoms with Crippen LogP contribution in [0.4, 0.5) is 0 Å². The summed E-state index contributed by atoms with van der Waals surface area (Å²) < 4.78 is 11.9. The second kappa shape index (κ2) is 8.31. The van der Waals surface area contributed by atoms with Crippen molar-refractivity contribution in [2.75, 3.05) is 26.7 Å². The molecule has 3 rings (SSSR count). The van der Waals surface area contributed by atoms with Gasteiger partial charge in [0, 0.05) is 25.0 Å². The molecule has 7 nitrogen and oxygen atoms in total. The molecule has 0 aromatic carbocycles. The molecule has 3 heterocycles. The first-order valence-electron chi connectivity index (χ1n) is 9.62. The molecule has 0 saturated carbocycles. The summed E-state index contributed by atoms with van der Waals surface area (Å²) in [4.78, 5) is 14.2. The Balaban J connectivity index is 1.40. The molecule has 3 fully saturated rings. The van der Waals surface area contributed by atoms with Gasteiger partial charge in [0.2, 0.25) is 5.91 Å². The quantitative estimate of drug-likeness (QED) is 0.616. The monoisotopic (exact) mass is 355 g/mol. The Morgan fingerprint density at radius 2 is 2.00 bits per heavy atom. The van der Waals surface area contributed by atoms with Crippen molar-refractivity contribution < 1.29 is 19.4 Å². The van der Waals surface area contributed by atoms with E-state index < -0.39 is 6.10 Å². The molecular weight excluding hydrogens is 322 g/mol. The van der Waals surface area contributed by atoms with Gasteiger partial charge in [0.25, 0.3) is 0 Å². The number of carbonyl (C=O) groups is 1. The molecule has 3 aliphatic rings. The number of nitrogens with one attached hydrogen (secondary N) is 2. The second-order valence-corrected chi connectivity index (χ2v) is 8.07. The lowest BCUT2D eigenvalue weighted by molar-refractivity contribution is -0.125. The van der Waals surface area contributed by atoms with Crippen LogP contribution in [0.15, 0.2) is 0 Å². The van der Waals surface area contributed by atoms with Crippen molar-refractivity contribution >= 4 is 5.91 Å². The third-order valence-corrected chi connectivity index (χ3v) is 5.47. The Hall–Kier alpha value is -0.730. The summed E-state index contributed by atoms with van der Waals surface area (Å²) in [6.07, 6.45) is 1.87. The number of rotatable bonds is 6. The normalized spacial score (nSPS) is 36.8. The van der Waals surface area contributed by atoms with Crippen molar-refractivity contribution in [1.82, 2.24) is 15.5 Å². The lowest BCUT2D eigenvalue weighted by Gasteiger charge is -2.30. The van der Waals surface area contributed by atoms with Gasteiger partial charge in [-0.15, -0.1) is 0 Å². The van der Waals surface area contributed by atoms with Crippen LogP contribution >= 0.6 is 0 Å². The average molecular weight is 355 g/mol. The highest BCUT2D eigenvalue weighted by Crippen LogP contribution is 2.35. The highest BCUT2D eigenvalue weighted by atomic mass is 16.6. The first-order valence-corrected chi connectivity index (χ1v) is 9.62. The fourth-order valence-electron chi connectivity index (χ4n) is 4.09. The number of likely N-dealkylation sites (tertiary alicyclic amines) is 1. The lowest BCUT2D eigenvalue weighted by atomic mass is 10.0. The molecule has 0 aromatic rings. The summed E-state index contributed by atoms with van der Waals surface area (Å²) in [6, 6.07) is 0.631. The summed E-state index contributed by atoms with van der Waals surface area (Å²) in [5.74, 6) is -0.00468. The molecule has 0 bridgehead atoms. The molecule has 3 aliphatic heterocycles. The van der Waals surface area contributed by atoms with Crippen molar-refractivity contribution in [3.63, 3.8) is 0 Å². The van der Waals surface area contributed by atoms with Crippen LogP contribution in [0.2, 0.25) is 0 Å². The van der Waals surface area contributed by atoms with Gasteiger partial charge in [0.15, 0.2) is 0 Å². The van der Waals surface area contributed by atoms with E-state index in [0.29, 0.717) is 25.4 Å². The zero-order chi connectivity index (χ0) is 18.0. The van der Waals surface area contributed by atoms with E-state index in [-0.39, 0.29) is 36.4 Å². The van der Waals surface area contributed by atoms with E-state index in [9.17, 15) is 9.90 Å². The fraction of sp³-hybridized carbons (Fsp3) is 0.944. The summed E-state index contributed by atoms with van der Waals surface area (Å²) in [5.41, 5.74) is 0. The average Bonchev–Trinajstić information content (AvgIpc) is 3.05. The van der Waals surface area contributed by atoms with Crippen molar-refractivity contribution in [2.45, 2.75) is 82.1 Å². The highest BCUT2D eigenvalue weighted by molar-refractivity contribution is 5.76. The van der Waals surface area contributed by atoms with Crippen LogP contribution in [-0.2, 0) is 14.3 Å². The Labute approximate surface area is 150 Å². The molecule has 0 radical (unpaired) electrons. The van der Waals surface area contributed by atoms with E-state index in [1.807, 2.05) is 13.8 Å². The first kappa shape index (κ1) is 19.0. The van der Waals surface area contributed by atoms with Gasteiger partial charge in [0.1, 0.15) is 12.2 Å². The number of piperidine rings is 1. The number of hydrogen-bond acceptors (Lipinski definition) is 6. The molecule has 5 unspecified atom stereocenters. The fourth-order valence-corrected chi connectivity index (χ4v) is 4.09. The maximum Gasteiger partial charge on any atom is 0.222 e. The Morgan fingerprint density at radius 1 is 1.28 bits per heavy atom. The van der Waals surface area contributed by atoms with Crippen LogP contribution in [0, 0.1) is 0 Å². The molecule has 3 saturated heterocycles. The van der Waals surface area contributed by atoms with Gasteiger partial charge in [-0.2, -0.15) is 0 Å². The molecule has 3 N–H and O–H groups in total. The minimum absolute atomic E-state index is 0.00468. The zero-order valence-corrected chi connectivity index (χ0v) is 15.6. The third kappa shape index (κ3) is 4.92. The van der Waals surface area contributed by atoms with Gasteiger partial charge in [-0.05, 0) is 46.8 Å². The van der Waals surface area contributed by atoms with Crippen molar-refractivity contribution in [3.8, 4) is 0 Å². The summed E-state index contributed by atoms with van der Waals surface area (Å²) in [5, 5.41) is 16.9. The van der Waals surface area contributed by atoms with Crippen LogP contribution in [0.3, 0.4) is 0 Å². The molecular formula is C18H33N3O4. The zero-order valence-electron chi connectivity index (χ0n) is 15.6. The number of aliphatic hydroxyl groups excluding tert-OH is 1. The number of aliphatic hydroxyl groups is 1. The summed E-state index contributed by atoms with van der Waals surface area (Å²) in [6.45, 7) is 6.76. The van der Waals surface area contributed by atoms with E-state index in [2.05, 4.69) is 22.6 Å². The maximum atomic E-state index is 11.9. The minimum Gasteiger partial charge on any atom is -0.388 e. The van der Waals surface area contributed by atoms with Crippen LogP contribution in [0.5, 0.6) is 0 Å². The van der Waals surface area contributed by atoms with Crippen molar-refractivity contribution in [3.05, 3.63) is 0 Å². The first-order chi connectivity index (χ1) is 11.9. The molecule has 0 aliphatic carbocycles. The molecule has 0 spiro atoms. The Kier molecular flexibility index (Phi) is 6.33. The SMILES string of the molecule is CC(C)NC(=O)CC1CC2OC(CNC3CCN(C)CC3)C(O)C2O1. The van der Waals surface area contributed by atoms with Gasteiger partial charge >= 0.3 is 0 Å². The van der Waals surface area contributed by atoms with E-state index in [0.717, 1.165) is 25.9 Å². The van der Waals surface area contributed by atoms with Crippen LogP contribution in [0.1, 0.15) is 39.5 Å². The number of fused-ring (bicyclic) bond motifs is 1. The number of nitrogens with zero attached hydrogens (tertiary/aromatic N) is 1. The van der Waals surface area contributed by atoms with Gasteiger partial charge in [-0.1, -0.05) is 0 Å². The molecule has 25 heavy (non-hydrogen) atoms. The Bertz CT molecular complexity index is 454. The lowest BCUT2D eigenvalue weighted by Crippen LogP contribution is -2.46. The number of hydrogen-bond donors (Lipinski definition) is 3. The molecule has 7 heteroatoms. The molecule has 0 aromatic heterocycles. The van der Waals surface area contributed by atoms with E-state index in [1.165, 1.54) is 0 Å². The standard InChI is InChI=1S/C18H33N3O4/c1-11(2)20-16(22)9-13-8-14-18(24-13)17(23)15(25-14)10-19-12-4-6-21(3)7-5-12/h11-15,17-19,23H,4-10H2,1-3H3,(H,20,22). The van der Waals surface area contributed by atoms with Crippen molar-refractivity contribution in [1.29, 1.82) is 0 Å². The predicted octanol–water partition coefficient (Wildman–Crippen LogP) is -0.129. The predicted molar refractivity (Wildman–Crippen MR) is 94.4 cm³/mol. The van der Waals surface area contributed by atoms with Crippen LogP contribution in [-0.4, -0.2) is 85.2 Å². The van der Waals surface area contributed by atoms with E-state index >= 15 is 0 Å². The summed E-state index contributed by atoms with van der Waals surface area (Å²) in [7, 11) is 2.15. The third-order valence-electron chi connectivity index (χ3n) is 5.47. The minimum atomic E-state index is -0.623. The largest absolute Gasteiger partial charge is 0.388 e. The number of carbonyl (C=O) groups excluding carboxylic acids is 1. The molecule has 5 atom stereocenters. The van der Waals surface area contributed by atoms with Gasteiger partial charge in [-0.3, -0.25) is 4.79 Å². The smallest absolute Gasteiger partial charge is 0.222 e. The van der Waals surface area contributed by atoms with Gasteiger partial charge < -0.3 is 30.1 Å². The van der Waals surface area contributed by atoms with Gasteiger partial charge in [0.05, 0.1) is 24.7 Å². The maximum absolute atomic E-state index is 11.9. The molecule has 1 amide bonds. The van der Waals surface area contributed by atoms with Crippen LogP contribution < -0.4 is 10.6 Å². The Morgan fingerprint density at radius 3 is 2.64 bits per heavy atom. The summed E-state index contributed by atoms with van der Waals surface area (Å²) >= 11 is 0. The second-order valence-electron chi connectivity index (χ2n) is 8.07. The van der Waals surface area contributed by atoms with E-state index in [4.69, 9.17) is 9.47 Å². The number of amides is 1. The van der Waals surface area contributed by atoms with E-state index in [1.54, 1.807) is 0 Å². The molecule has 144 valence electrons. The topological polar surface area (TPSA) is 83.1 Å². The van der Waals surface area contributed by atoms with Crippen molar-refractivity contribution in [2.24, 2.45) is 0 Å².